The zero-order chi connectivity index (χ0) is 9.64. The van der Waals surface area contributed by atoms with Crippen LogP contribution >= 0.6 is 0 Å². The van der Waals surface area contributed by atoms with E-state index in [2.05, 4.69) is 15.5 Å². The quantitative estimate of drug-likeness (QED) is 0.758. The molecule has 0 radical (unpaired) electrons. The molecule has 2 N–H and O–H groups in total. The zero-order valence-corrected chi connectivity index (χ0v) is 8.63. The highest BCUT2D eigenvalue weighted by molar-refractivity contribution is 5.38. The molecule has 1 aliphatic rings. The lowest BCUT2D eigenvalue weighted by Crippen LogP contribution is -2.20. The van der Waals surface area contributed by atoms with Crippen LogP contribution in [-0.4, -0.2) is 16.2 Å². The molecule has 0 unspecified atom stereocenters. The van der Waals surface area contributed by atoms with Crippen LogP contribution in [0.2, 0.25) is 0 Å². The molecule has 0 saturated heterocycles. The zero-order valence-electron chi connectivity index (χ0n) is 8.63. The van der Waals surface area contributed by atoms with Crippen molar-refractivity contribution < 1.29 is 0 Å². The van der Waals surface area contributed by atoms with Gasteiger partial charge in [0.15, 0.2) is 0 Å². The first-order valence-electron chi connectivity index (χ1n) is 5.70. The number of rotatable bonds is 2. The number of H-pyrrole nitrogens is 1. The first-order chi connectivity index (χ1) is 6.95. The summed E-state index contributed by atoms with van der Waals surface area (Å²) < 4.78 is 0. The van der Waals surface area contributed by atoms with Crippen molar-refractivity contribution in [2.24, 2.45) is 0 Å². The van der Waals surface area contributed by atoms with Gasteiger partial charge in [0.05, 0.1) is 11.9 Å². The Morgan fingerprint density at radius 1 is 1.14 bits per heavy atom. The molecular weight excluding hydrogens is 174 g/mol. The van der Waals surface area contributed by atoms with Crippen molar-refractivity contribution in [3.05, 3.63) is 12.4 Å². The third-order valence-electron chi connectivity index (χ3n) is 2.97. The fourth-order valence-electron chi connectivity index (χ4n) is 2.17. The highest BCUT2D eigenvalue weighted by Crippen LogP contribution is 2.19. The van der Waals surface area contributed by atoms with Crippen molar-refractivity contribution in [2.45, 2.75) is 51.0 Å². The molecule has 0 amide bonds. The molecule has 1 aromatic heterocycles. The SMILES string of the molecule is c1n[nH]cc1NC1CCCCCCC1. The van der Waals surface area contributed by atoms with Crippen LogP contribution in [0.4, 0.5) is 5.69 Å². The lowest BCUT2D eigenvalue weighted by Gasteiger charge is -2.20. The number of nitrogens with zero attached hydrogens (tertiary/aromatic N) is 1. The van der Waals surface area contributed by atoms with Gasteiger partial charge in [0, 0.05) is 12.2 Å². The van der Waals surface area contributed by atoms with Crippen LogP contribution in [0.15, 0.2) is 12.4 Å². The lowest BCUT2D eigenvalue weighted by atomic mass is 9.97. The summed E-state index contributed by atoms with van der Waals surface area (Å²) in [4.78, 5) is 0. The van der Waals surface area contributed by atoms with E-state index in [9.17, 15) is 0 Å². The molecular formula is C11H19N3. The minimum Gasteiger partial charge on any atom is -0.380 e. The third kappa shape index (κ3) is 2.76. The molecule has 1 saturated carbocycles. The second kappa shape index (κ2) is 5.03. The van der Waals surface area contributed by atoms with E-state index in [1.165, 1.54) is 44.9 Å². The Balaban J connectivity index is 1.83. The summed E-state index contributed by atoms with van der Waals surface area (Å²) >= 11 is 0. The van der Waals surface area contributed by atoms with Crippen LogP contribution in [-0.2, 0) is 0 Å². The molecule has 3 nitrogen and oxygen atoms in total. The van der Waals surface area contributed by atoms with Crippen LogP contribution in [0, 0.1) is 0 Å². The molecule has 1 heterocycles. The summed E-state index contributed by atoms with van der Waals surface area (Å²) in [5.74, 6) is 0. The molecule has 78 valence electrons. The van der Waals surface area contributed by atoms with Gasteiger partial charge in [0.1, 0.15) is 0 Å². The topological polar surface area (TPSA) is 40.7 Å². The van der Waals surface area contributed by atoms with Gasteiger partial charge in [-0.05, 0) is 12.8 Å². The Labute approximate surface area is 85.3 Å². The van der Waals surface area contributed by atoms with Crippen molar-refractivity contribution in [1.82, 2.24) is 10.2 Å². The van der Waals surface area contributed by atoms with Crippen LogP contribution in [0.1, 0.15) is 44.9 Å². The van der Waals surface area contributed by atoms with E-state index in [0.717, 1.165) is 5.69 Å². The Bertz CT molecular complexity index is 235. The predicted octanol–water partition coefficient (Wildman–Crippen LogP) is 2.93. The largest absolute Gasteiger partial charge is 0.380 e. The van der Waals surface area contributed by atoms with E-state index in [-0.39, 0.29) is 0 Å². The standard InChI is InChI=1S/C11H19N3/c1-2-4-6-10(7-5-3-1)14-11-8-12-13-9-11/h8-10,14H,1-7H2,(H,12,13). The molecule has 0 aliphatic heterocycles. The van der Waals surface area contributed by atoms with Gasteiger partial charge in [-0.15, -0.1) is 0 Å². The maximum Gasteiger partial charge on any atom is 0.0725 e. The van der Waals surface area contributed by atoms with Crippen LogP contribution in [0.3, 0.4) is 0 Å². The summed E-state index contributed by atoms with van der Waals surface area (Å²) in [5, 5.41) is 10.3. The van der Waals surface area contributed by atoms with Gasteiger partial charge in [-0.3, -0.25) is 5.10 Å². The second-order valence-corrected chi connectivity index (χ2v) is 4.17. The molecule has 0 bridgehead atoms. The molecule has 1 fully saturated rings. The first kappa shape index (κ1) is 9.56. The normalized spacial score (nSPS) is 20.0. The summed E-state index contributed by atoms with van der Waals surface area (Å²) in [5.41, 5.74) is 1.13. The number of aromatic nitrogens is 2. The Morgan fingerprint density at radius 3 is 2.50 bits per heavy atom. The highest BCUT2D eigenvalue weighted by Gasteiger charge is 2.10. The highest BCUT2D eigenvalue weighted by atomic mass is 15.1. The smallest absolute Gasteiger partial charge is 0.0725 e. The number of hydrogen-bond donors (Lipinski definition) is 2. The van der Waals surface area contributed by atoms with Gasteiger partial charge in [-0.1, -0.05) is 32.1 Å². The fourth-order valence-corrected chi connectivity index (χ4v) is 2.17. The number of anilines is 1. The fraction of sp³-hybridized carbons (Fsp3) is 0.727. The maximum absolute atomic E-state index is 3.94. The Morgan fingerprint density at radius 2 is 1.86 bits per heavy atom. The molecule has 14 heavy (non-hydrogen) atoms. The van der Waals surface area contributed by atoms with Gasteiger partial charge < -0.3 is 5.32 Å². The maximum atomic E-state index is 3.94. The van der Waals surface area contributed by atoms with E-state index >= 15 is 0 Å². The van der Waals surface area contributed by atoms with Gasteiger partial charge in [-0.25, -0.2) is 0 Å². The van der Waals surface area contributed by atoms with E-state index in [0.29, 0.717) is 6.04 Å². The number of nitrogens with one attached hydrogen (secondary N) is 2. The molecule has 0 atom stereocenters. The summed E-state index contributed by atoms with van der Waals surface area (Å²) in [6.45, 7) is 0. The van der Waals surface area contributed by atoms with Crippen LogP contribution in [0.5, 0.6) is 0 Å². The van der Waals surface area contributed by atoms with E-state index in [4.69, 9.17) is 0 Å². The minimum atomic E-state index is 0.660. The molecule has 3 heteroatoms. The van der Waals surface area contributed by atoms with Crippen LogP contribution in [0.25, 0.3) is 0 Å². The molecule has 1 aromatic rings. The van der Waals surface area contributed by atoms with Crippen LogP contribution < -0.4 is 5.32 Å². The predicted molar refractivity (Wildman–Crippen MR) is 58.3 cm³/mol. The third-order valence-corrected chi connectivity index (χ3v) is 2.97. The monoisotopic (exact) mass is 193 g/mol. The minimum absolute atomic E-state index is 0.660. The van der Waals surface area contributed by atoms with E-state index in [1.807, 2.05) is 12.4 Å². The van der Waals surface area contributed by atoms with E-state index < -0.39 is 0 Å². The van der Waals surface area contributed by atoms with Crippen molar-refractivity contribution in [2.75, 3.05) is 5.32 Å². The van der Waals surface area contributed by atoms with Crippen molar-refractivity contribution >= 4 is 5.69 Å². The van der Waals surface area contributed by atoms with Crippen molar-refractivity contribution in [3.8, 4) is 0 Å². The van der Waals surface area contributed by atoms with Gasteiger partial charge in [0.2, 0.25) is 0 Å². The number of aromatic amines is 1. The molecule has 0 aromatic carbocycles. The summed E-state index contributed by atoms with van der Waals surface area (Å²) in [6.07, 6.45) is 13.4. The Kier molecular flexibility index (Phi) is 3.44. The average molecular weight is 193 g/mol. The average Bonchev–Trinajstić information content (AvgIpc) is 2.62. The van der Waals surface area contributed by atoms with Crippen molar-refractivity contribution in [3.63, 3.8) is 0 Å². The Hall–Kier alpha value is -0.990. The van der Waals surface area contributed by atoms with Gasteiger partial charge in [0.25, 0.3) is 0 Å². The molecule has 2 rings (SSSR count). The molecule has 1 aliphatic carbocycles. The molecule has 0 spiro atoms. The summed E-state index contributed by atoms with van der Waals surface area (Å²) in [7, 11) is 0. The number of hydrogen-bond acceptors (Lipinski definition) is 2. The van der Waals surface area contributed by atoms with E-state index in [1.54, 1.807) is 0 Å². The van der Waals surface area contributed by atoms with Crippen molar-refractivity contribution in [1.29, 1.82) is 0 Å². The first-order valence-corrected chi connectivity index (χ1v) is 5.70. The van der Waals surface area contributed by atoms with Gasteiger partial charge in [-0.2, -0.15) is 5.10 Å². The summed E-state index contributed by atoms with van der Waals surface area (Å²) in [6, 6.07) is 0.660. The lowest BCUT2D eigenvalue weighted by molar-refractivity contribution is 0.471. The van der Waals surface area contributed by atoms with Gasteiger partial charge >= 0.3 is 0 Å². The second-order valence-electron chi connectivity index (χ2n) is 4.17.